The highest BCUT2D eigenvalue weighted by Crippen LogP contribution is 2.24. The maximum absolute atomic E-state index is 11.2. The van der Waals surface area contributed by atoms with Crippen LogP contribution in [-0.4, -0.2) is 16.9 Å². The number of hydrogen-bond donors (Lipinski definition) is 2. The number of nitrogens with zero attached hydrogens (tertiary/aromatic N) is 1. The fourth-order valence-electron chi connectivity index (χ4n) is 1.23. The Hall–Kier alpha value is -0.620. The SMILES string of the molecule is CC(C)C(Nc1ncc(Br)cc1Br)C(N)=O. The predicted octanol–water partition coefficient (Wildman–Crippen LogP) is 2.53. The van der Waals surface area contributed by atoms with Gasteiger partial charge in [0.2, 0.25) is 5.91 Å². The van der Waals surface area contributed by atoms with E-state index in [0.717, 1.165) is 8.95 Å². The number of amides is 1. The fraction of sp³-hybridized carbons (Fsp3) is 0.400. The molecule has 0 aliphatic rings. The first-order valence-corrected chi connectivity index (χ1v) is 6.37. The largest absolute Gasteiger partial charge is 0.368 e. The minimum absolute atomic E-state index is 0.106. The van der Waals surface area contributed by atoms with E-state index in [-0.39, 0.29) is 11.8 Å². The summed E-state index contributed by atoms with van der Waals surface area (Å²) in [6, 6.07) is 1.43. The van der Waals surface area contributed by atoms with Gasteiger partial charge >= 0.3 is 0 Å². The van der Waals surface area contributed by atoms with Gasteiger partial charge in [-0.2, -0.15) is 0 Å². The number of hydrogen-bond acceptors (Lipinski definition) is 3. The third kappa shape index (κ3) is 3.45. The van der Waals surface area contributed by atoms with Crippen molar-refractivity contribution in [3.05, 3.63) is 21.2 Å². The molecule has 3 N–H and O–H groups in total. The number of pyridine rings is 1. The van der Waals surface area contributed by atoms with Crippen LogP contribution >= 0.6 is 31.9 Å². The minimum Gasteiger partial charge on any atom is -0.368 e. The van der Waals surface area contributed by atoms with Crippen molar-refractivity contribution in [2.24, 2.45) is 11.7 Å². The summed E-state index contributed by atoms with van der Waals surface area (Å²) in [6.07, 6.45) is 1.66. The maximum atomic E-state index is 11.2. The van der Waals surface area contributed by atoms with E-state index in [1.807, 2.05) is 19.9 Å². The van der Waals surface area contributed by atoms with Crippen LogP contribution in [0.5, 0.6) is 0 Å². The van der Waals surface area contributed by atoms with Crippen molar-refractivity contribution >= 4 is 43.6 Å². The molecule has 0 aromatic carbocycles. The minimum atomic E-state index is -0.426. The molecule has 0 fully saturated rings. The molecule has 1 unspecified atom stereocenters. The Morgan fingerprint density at radius 1 is 1.50 bits per heavy atom. The molecule has 16 heavy (non-hydrogen) atoms. The normalized spacial score (nSPS) is 12.6. The highest BCUT2D eigenvalue weighted by atomic mass is 79.9. The quantitative estimate of drug-likeness (QED) is 0.876. The monoisotopic (exact) mass is 349 g/mol. The van der Waals surface area contributed by atoms with Crippen LogP contribution < -0.4 is 11.1 Å². The lowest BCUT2D eigenvalue weighted by Crippen LogP contribution is -2.39. The smallest absolute Gasteiger partial charge is 0.240 e. The van der Waals surface area contributed by atoms with Gasteiger partial charge in [0.1, 0.15) is 11.9 Å². The Bertz CT molecular complexity index is 396. The molecule has 0 aliphatic carbocycles. The average Bonchev–Trinajstić information content (AvgIpc) is 2.15. The molecule has 0 spiro atoms. The van der Waals surface area contributed by atoms with E-state index in [2.05, 4.69) is 42.2 Å². The van der Waals surface area contributed by atoms with Crippen LogP contribution in [0.2, 0.25) is 0 Å². The lowest BCUT2D eigenvalue weighted by atomic mass is 10.0. The molecule has 0 saturated heterocycles. The molecule has 1 heterocycles. The highest BCUT2D eigenvalue weighted by Gasteiger charge is 2.20. The number of carbonyl (C=O) groups is 1. The fourth-order valence-corrected chi connectivity index (χ4v) is 2.34. The van der Waals surface area contributed by atoms with E-state index in [0.29, 0.717) is 5.82 Å². The van der Waals surface area contributed by atoms with Crippen molar-refractivity contribution in [2.45, 2.75) is 19.9 Å². The maximum Gasteiger partial charge on any atom is 0.240 e. The van der Waals surface area contributed by atoms with E-state index in [1.54, 1.807) is 6.20 Å². The van der Waals surface area contributed by atoms with Gasteiger partial charge in [-0.15, -0.1) is 0 Å². The van der Waals surface area contributed by atoms with Gasteiger partial charge in [-0.25, -0.2) is 4.98 Å². The summed E-state index contributed by atoms with van der Waals surface area (Å²) in [4.78, 5) is 15.4. The van der Waals surface area contributed by atoms with Gasteiger partial charge in [0, 0.05) is 10.7 Å². The highest BCUT2D eigenvalue weighted by molar-refractivity contribution is 9.11. The number of primary amides is 1. The summed E-state index contributed by atoms with van der Waals surface area (Å²) in [5.74, 6) is 0.335. The Morgan fingerprint density at radius 3 is 2.56 bits per heavy atom. The summed E-state index contributed by atoms with van der Waals surface area (Å²) in [6.45, 7) is 3.85. The molecule has 1 aromatic heterocycles. The number of nitrogens with one attached hydrogen (secondary N) is 1. The van der Waals surface area contributed by atoms with Gasteiger partial charge in [0.15, 0.2) is 0 Å². The van der Waals surface area contributed by atoms with E-state index >= 15 is 0 Å². The Balaban J connectivity index is 2.90. The standard InChI is InChI=1S/C10H13Br2N3O/c1-5(2)8(9(13)16)15-10-7(12)3-6(11)4-14-10/h3-5,8H,1-2H3,(H2,13,16)(H,14,15). The predicted molar refractivity (Wildman–Crippen MR) is 71.1 cm³/mol. The van der Waals surface area contributed by atoms with Crippen LogP contribution in [-0.2, 0) is 4.79 Å². The van der Waals surface area contributed by atoms with E-state index in [9.17, 15) is 4.79 Å². The molecule has 0 radical (unpaired) electrons. The van der Waals surface area contributed by atoms with E-state index < -0.39 is 6.04 Å². The number of aromatic nitrogens is 1. The van der Waals surface area contributed by atoms with Crippen molar-refractivity contribution in [1.82, 2.24) is 4.98 Å². The molecule has 0 saturated carbocycles. The second-order valence-corrected chi connectivity index (χ2v) is 5.52. The third-order valence-corrected chi connectivity index (χ3v) is 3.11. The van der Waals surface area contributed by atoms with E-state index in [1.165, 1.54) is 0 Å². The molecular formula is C10H13Br2N3O. The number of carbonyl (C=O) groups excluding carboxylic acids is 1. The molecular weight excluding hydrogens is 338 g/mol. The van der Waals surface area contributed by atoms with Crippen molar-refractivity contribution in [1.29, 1.82) is 0 Å². The summed E-state index contributed by atoms with van der Waals surface area (Å²) in [5.41, 5.74) is 5.31. The lowest BCUT2D eigenvalue weighted by Gasteiger charge is -2.20. The lowest BCUT2D eigenvalue weighted by molar-refractivity contribution is -0.119. The number of nitrogens with two attached hydrogens (primary N) is 1. The zero-order chi connectivity index (χ0) is 12.3. The Kier molecular flexibility index (Phi) is 4.73. The molecule has 4 nitrogen and oxygen atoms in total. The van der Waals surface area contributed by atoms with Crippen LogP contribution in [0.1, 0.15) is 13.8 Å². The molecule has 1 rings (SSSR count). The van der Waals surface area contributed by atoms with Gasteiger partial charge in [-0.1, -0.05) is 13.8 Å². The van der Waals surface area contributed by atoms with Crippen molar-refractivity contribution in [3.63, 3.8) is 0 Å². The number of rotatable bonds is 4. The molecule has 88 valence electrons. The summed E-state index contributed by atoms with van der Waals surface area (Å²) >= 11 is 6.68. The second-order valence-electron chi connectivity index (χ2n) is 3.75. The van der Waals surface area contributed by atoms with E-state index in [4.69, 9.17) is 5.73 Å². The van der Waals surface area contributed by atoms with Gasteiger partial charge in [0.25, 0.3) is 0 Å². The first-order chi connectivity index (χ1) is 7.41. The van der Waals surface area contributed by atoms with Crippen LogP contribution in [0.15, 0.2) is 21.2 Å². The molecule has 1 amide bonds. The number of halogens is 2. The zero-order valence-corrected chi connectivity index (χ0v) is 12.2. The van der Waals surface area contributed by atoms with Gasteiger partial charge in [-0.05, 0) is 43.8 Å². The molecule has 6 heteroatoms. The molecule has 1 atom stereocenters. The van der Waals surface area contributed by atoms with Gasteiger partial charge in [-0.3, -0.25) is 4.79 Å². The van der Waals surface area contributed by atoms with Crippen molar-refractivity contribution in [3.8, 4) is 0 Å². The van der Waals surface area contributed by atoms with Crippen LogP contribution in [0, 0.1) is 5.92 Å². The van der Waals surface area contributed by atoms with Crippen molar-refractivity contribution < 1.29 is 4.79 Å². The van der Waals surface area contributed by atoms with Crippen LogP contribution in [0.3, 0.4) is 0 Å². The summed E-state index contributed by atoms with van der Waals surface area (Å²) in [7, 11) is 0. The Morgan fingerprint density at radius 2 is 2.12 bits per heavy atom. The first kappa shape index (κ1) is 13.4. The van der Waals surface area contributed by atoms with Crippen LogP contribution in [0.4, 0.5) is 5.82 Å². The average molecular weight is 351 g/mol. The summed E-state index contributed by atoms with van der Waals surface area (Å²) in [5, 5.41) is 3.02. The molecule has 0 aliphatic heterocycles. The molecule has 0 bridgehead atoms. The zero-order valence-electron chi connectivity index (χ0n) is 9.00. The second kappa shape index (κ2) is 5.63. The Labute approximate surface area is 111 Å². The van der Waals surface area contributed by atoms with Crippen molar-refractivity contribution in [2.75, 3.05) is 5.32 Å². The first-order valence-electron chi connectivity index (χ1n) is 4.78. The van der Waals surface area contributed by atoms with Gasteiger partial charge < -0.3 is 11.1 Å². The molecule has 1 aromatic rings. The number of anilines is 1. The van der Waals surface area contributed by atoms with Gasteiger partial charge in [0.05, 0.1) is 4.47 Å². The third-order valence-electron chi connectivity index (χ3n) is 2.07. The topological polar surface area (TPSA) is 68.0 Å². The summed E-state index contributed by atoms with van der Waals surface area (Å²) < 4.78 is 1.65. The van der Waals surface area contributed by atoms with Crippen LogP contribution in [0.25, 0.3) is 0 Å².